The van der Waals surface area contributed by atoms with Gasteiger partial charge in [-0.2, -0.15) is 0 Å². The second-order valence-corrected chi connectivity index (χ2v) is 4.32. The molecule has 0 aromatic heterocycles. The van der Waals surface area contributed by atoms with Crippen molar-refractivity contribution in [3.63, 3.8) is 0 Å². The van der Waals surface area contributed by atoms with Gasteiger partial charge in [-0.1, -0.05) is 5.16 Å². The zero-order valence-corrected chi connectivity index (χ0v) is 8.51. The smallest absolute Gasteiger partial charge is 0.136 e. The van der Waals surface area contributed by atoms with Crippen molar-refractivity contribution in [2.45, 2.75) is 25.4 Å². The highest BCUT2D eigenvalue weighted by Gasteiger charge is 2.29. The van der Waals surface area contributed by atoms with E-state index in [2.05, 4.69) is 26.4 Å². The van der Waals surface area contributed by atoms with Gasteiger partial charge in [-0.25, -0.2) is 0 Å². The summed E-state index contributed by atoms with van der Waals surface area (Å²) in [4.78, 5) is 5.32. The summed E-state index contributed by atoms with van der Waals surface area (Å²) in [6, 6.07) is 0. The molecule has 1 fully saturated rings. The van der Waals surface area contributed by atoms with Crippen molar-refractivity contribution < 1.29 is 4.84 Å². The predicted molar refractivity (Wildman–Crippen MR) is 51.4 cm³/mol. The third-order valence-corrected chi connectivity index (χ3v) is 3.03. The number of rotatable bonds is 1. The molecule has 2 aliphatic heterocycles. The van der Waals surface area contributed by atoms with E-state index in [0.29, 0.717) is 12.0 Å². The second kappa shape index (κ2) is 3.75. The van der Waals surface area contributed by atoms with Crippen molar-refractivity contribution in [2.24, 2.45) is 11.1 Å². The molecule has 0 radical (unpaired) electrons. The molecular weight excluding hydrogens is 220 g/mol. The maximum Gasteiger partial charge on any atom is 0.136 e. The molecule has 1 atom stereocenters. The summed E-state index contributed by atoms with van der Waals surface area (Å²) in [6.45, 7) is 2.25. The molecule has 0 saturated carbocycles. The number of hydrogen-bond donors (Lipinski definition) is 1. The largest absolute Gasteiger partial charge is 0.391 e. The fourth-order valence-corrected chi connectivity index (χ4v) is 2.24. The first-order valence-electron chi connectivity index (χ1n) is 4.45. The summed E-state index contributed by atoms with van der Waals surface area (Å²) in [6.07, 6.45) is 3.74. The molecule has 0 spiro atoms. The van der Waals surface area contributed by atoms with E-state index in [1.807, 2.05) is 0 Å². The highest BCUT2D eigenvalue weighted by molar-refractivity contribution is 9.18. The lowest BCUT2D eigenvalue weighted by Crippen LogP contribution is -2.34. The lowest BCUT2D eigenvalue weighted by atomic mass is 9.91. The minimum absolute atomic E-state index is 0.335. The van der Waals surface area contributed by atoms with Gasteiger partial charge < -0.3 is 10.2 Å². The lowest BCUT2D eigenvalue weighted by Gasteiger charge is -2.25. The third-order valence-electron chi connectivity index (χ3n) is 2.57. The summed E-state index contributed by atoms with van der Waals surface area (Å²) < 4.78 is 0.964. The second-order valence-electron chi connectivity index (χ2n) is 3.40. The van der Waals surface area contributed by atoms with Gasteiger partial charge in [-0.05, 0) is 41.9 Å². The summed E-state index contributed by atoms with van der Waals surface area (Å²) in [5.41, 5.74) is 0. The van der Waals surface area contributed by atoms with Crippen LogP contribution in [-0.2, 0) is 4.84 Å². The Kier molecular flexibility index (Phi) is 2.66. The van der Waals surface area contributed by atoms with Crippen molar-refractivity contribution in [3.8, 4) is 0 Å². The van der Waals surface area contributed by atoms with Crippen LogP contribution in [0.25, 0.3) is 0 Å². The molecule has 2 rings (SSSR count). The Morgan fingerprint density at radius 2 is 2.17 bits per heavy atom. The molecule has 0 aromatic carbocycles. The molecule has 1 saturated heterocycles. The van der Waals surface area contributed by atoms with Crippen LogP contribution < -0.4 is 5.32 Å². The first-order valence-corrected chi connectivity index (χ1v) is 5.24. The van der Waals surface area contributed by atoms with E-state index in [-0.39, 0.29) is 0 Å². The Labute approximate surface area is 80.7 Å². The topological polar surface area (TPSA) is 33.6 Å². The SMILES string of the molecule is BrC1=NO[C@@H](C2CCNCC2)C1. The maximum absolute atomic E-state index is 5.32. The summed E-state index contributed by atoms with van der Waals surface area (Å²) in [7, 11) is 0. The van der Waals surface area contributed by atoms with Gasteiger partial charge in [0.2, 0.25) is 0 Å². The molecule has 4 heteroatoms. The van der Waals surface area contributed by atoms with Crippen LogP contribution in [0.1, 0.15) is 19.3 Å². The Bertz CT molecular complexity index is 189. The van der Waals surface area contributed by atoms with E-state index >= 15 is 0 Å². The van der Waals surface area contributed by atoms with Gasteiger partial charge in [-0.15, -0.1) is 0 Å². The number of piperidine rings is 1. The molecule has 12 heavy (non-hydrogen) atoms. The first-order chi connectivity index (χ1) is 5.86. The number of oxime groups is 1. The van der Waals surface area contributed by atoms with E-state index in [0.717, 1.165) is 24.1 Å². The van der Waals surface area contributed by atoms with Crippen LogP contribution in [0.15, 0.2) is 5.16 Å². The molecule has 0 aromatic rings. The third kappa shape index (κ3) is 1.80. The van der Waals surface area contributed by atoms with E-state index in [4.69, 9.17) is 4.84 Å². The summed E-state index contributed by atoms with van der Waals surface area (Å²) >= 11 is 3.35. The normalized spacial score (nSPS) is 31.4. The summed E-state index contributed by atoms with van der Waals surface area (Å²) in [5, 5.41) is 7.25. The van der Waals surface area contributed by atoms with Crippen molar-refractivity contribution in [2.75, 3.05) is 13.1 Å². The van der Waals surface area contributed by atoms with E-state index in [1.54, 1.807) is 0 Å². The van der Waals surface area contributed by atoms with Crippen molar-refractivity contribution >= 4 is 20.6 Å². The summed E-state index contributed by atoms with van der Waals surface area (Å²) in [5.74, 6) is 0.699. The molecular formula is C8H13BrN2O. The van der Waals surface area contributed by atoms with Gasteiger partial charge in [0.15, 0.2) is 0 Å². The number of nitrogens with one attached hydrogen (secondary N) is 1. The van der Waals surface area contributed by atoms with Crippen LogP contribution in [0.4, 0.5) is 0 Å². The quantitative estimate of drug-likeness (QED) is 0.744. The van der Waals surface area contributed by atoms with Gasteiger partial charge in [0.05, 0.1) is 0 Å². The zero-order valence-electron chi connectivity index (χ0n) is 6.92. The standard InChI is InChI=1S/C8H13BrN2O/c9-8-5-7(12-11-8)6-1-3-10-4-2-6/h6-7,10H,1-5H2/t7-/m1/s1. The van der Waals surface area contributed by atoms with E-state index in [1.165, 1.54) is 12.8 Å². The zero-order chi connectivity index (χ0) is 8.39. The monoisotopic (exact) mass is 232 g/mol. The van der Waals surface area contributed by atoms with Crippen LogP contribution in [0.2, 0.25) is 0 Å². The fraction of sp³-hybridized carbons (Fsp3) is 0.875. The Balaban J connectivity index is 1.85. The van der Waals surface area contributed by atoms with Crippen LogP contribution in [0, 0.1) is 5.92 Å². The van der Waals surface area contributed by atoms with Crippen LogP contribution in [0.3, 0.4) is 0 Å². The van der Waals surface area contributed by atoms with Crippen LogP contribution >= 0.6 is 15.9 Å². The Morgan fingerprint density at radius 3 is 2.75 bits per heavy atom. The minimum Gasteiger partial charge on any atom is -0.391 e. The van der Waals surface area contributed by atoms with Gasteiger partial charge in [0, 0.05) is 12.3 Å². The molecule has 3 nitrogen and oxygen atoms in total. The molecule has 0 bridgehead atoms. The number of halogens is 1. The highest BCUT2D eigenvalue weighted by Crippen LogP contribution is 2.26. The average molecular weight is 233 g/mol. The van der Waals surface area contributed by atoms with E-state index < -0.39 is 0 Å². The van der Waals surface area contributed by atoms with Crippen molar-refractivity contribution in [1.82, 2.24) is 5.32 Å². The molecule has 0 aliphatic carbocycles. The van der Waals surface area contributed by atoms with Crippen LogP contribution in [0.5, 0.6) is 0 Å². The maximum atomic E-state index is 5.32. The highest BCUT2D eigenvalue weighted by atomic mass is 79.9. The Hall–Kier alpha value is -0.0900. The van der Waals surface area contributed by atoms with Gasteiger partial charge in [0.1, 0.15) is 10.7 Å². The molecule has 0 amide bonds. The average Bonchev–Trinajstić information content (AvgIpc) is 2.54. The number of nitrogens with zero attached hydrogens (tertiary/aromatic N) is 1. The number of hydrogen-bond acceptors (Lipinski definition) is 3. The molecule has 68 valence electrons. The van der Waals surface area contributed by atoms with Crippen molar-refractivity contribution in [3.05, 3.63) is 0 Å². The van der Waals surface area contributed by atoms with Gasteiger partial charge in [-0.3, -0.25) is 0 Å². The molecule has 2 aliphatic rings. The fourth-order valence-electron chi connectivity index (χ4n) is 1.83. The van der Waals surface area contributed by atoms with Gasteiger partial charge >= 0.3 is 0 Å². The Morgan fingerprint density at radius 1 is 1.42 bits per heavy atom. The van der Waals surface area contributed by atoms with Crippen molar-refractivity contribution in [1.29, 1.82) is 0 Å². The lowest BCUT2D eigenvalue weighted by molar-refractivity contribution is 0.0293. The van der Waals surface area contributed by atoms with E-state index in [9.17, 15) is 0 Å². The molecule has 0 unspecified atom stereocenters. The van der Waals surface area contributed by atoms with Crippen LogP contribution in [-0.4, -0.2) is 23.8 Å². The first kappa shape index (κ1) is 8.51. The molecule has 1 N–H and O–H groups in total. The van der Waals surface area contributed by atoms with Gasteiger partial charge in [0.25, 0.3) is 0 Å². The predicted octanol–water partition coefficient (Wildman–Crippen LogP) is 1.48. The minimum atomic E-state index is 0.335. The molecule has 2 heterocycles.